The topological polar surface area (TPSA) is 40.6 Å². The number of fused-ring (bicyclic) bond motifs is 4. The van der Waals surface area contributed by atoms with Crippen molar-refractivity contribution in [1.29, 1.82) is 0 Å². The molecule has 3 fully saturated rings. The highest BCUT2D eigenvalue weighted by molar-refractivity contribution is 7.88. The molecule has 3 aliphatic heterocycles. The fourth-order valence-corrected chi connectivity index (χ4v) is 5.88. The van der Waals surface area contributed by atoms with Crippen LogP contribution in [0.25, 0.3) is 0 Å². The van der Waals surface area contributed by atoms with Gasteiger partial charge in [0.15, 0.2) is 0 Å². The minimum atomic E-state index is -3.28. The zero-order chi connectivity index (χ0) is 18.0. The minimum Gasteiger partial charge on any atom is -0.294 e. The maximum atomic E-state index is 13.0. The van der Waals surface area contributed by atoms with Gasteiger partial charge in [0, 0.05) is 32.2 Å². The highest BCUT2D eigenvalue weighted by Gasteiger charge is 2.38. The Morgan fingerprint density at radius 1 is 0.808 bits per heavy atom. The van der Waals surface area contributed by atoms with Gasteiger partial charge in [-0.15, -0.1) is 0 Å². The summed E-state index contributed by atoms with van der Waals surface area (Å²) in [6.07, 6.45) is 2.22. The Balaban J connectivity index is 1.49. The third-order valence-electron chi connectivity index (χ3n) is 5.61. The van der Waals surface area contributed by atoms with Gasteiger partial charge in [-0.2, -0.15) is 4.31 Å². The van der Waals surface area contributed by atoms with Crippen molar-refractivity contribution in [3.63, 3.8) is 0 Å². The fourth-order valence-electron chi connectivity index (χ4n) is 4.25. The van der Waals surface area contributed by atoms with E-state index in [1.165, 1.54) is 5.56 Å². The van der Waals surface area contributed by atoms with Crippen LogP contribution in [0.3, 0.4) is 0 Å². The molecule has 5 heteroatoms. The Morgan fingerprint density at radius 2 is 1.46 bits per heavy atom. The number of benzene rings is 2. The largest absolute Gasteiger partial charge is 0.294 e. The van der Waals surface area contributed by atoms with Gasteiger partial charge in [-0.05, 0) is 29.9 Å². The SMILES string of the molecule is O=S(=O)(Cc1ccccc1)N1C[C@@H]2CC[C@H](C1)N(Cc1ccccc1)C2. The molecule has 3 saturated heterocycles. The van der Waals surface area contributed by atoms with Crippen molar-refractivity contribution in [1.82, 2.24) is 9.21 Å². The van der Waals surface area contributed by atoms with Crippen molar-refractivity contribution < 1.29 is 8.42 Å². The van der Waals surface area contributed by atoms with Crippen LogP contribution in [0.15, 0.2) is 60.7 Å². The molecule has 3 heterocycles. The first-order chi connectivity index (χ1) is 12.6. The van der Waals surface area contributed by atoms with Gasteiger partial charge in [-0.3, -0.25) is 4.90 Å². The summed E-state index contributed by atoms with van der Waals surface area (Å²) in [5.41, 5.74) is 2.17. The summed E-state index contributed by atoms with van der Waals surface area (Å²) >= 11 is 0. The van der Waals surface area contributed by atoms with Gasteiger partial charge in [0.2, 0.25) is 10.0 Å². The number of hydrogen-bond acceptors (Lipinski definition) is 3. The third-order valence-corrected chi connectivity index (χ3v) is 7.39. The predicted molar refractivity (Wildman–Crippen MR) is 104 cm³/mol. The lowest BCUT2D eigenvalue weighted by atomic mass is 9.94. The molecule has 2 atom stereocenters. The summed E-state index contributed by atoms with van der Waals surface area (Å²) in [7, 11) is -3.28. The molecule has 0 N–H and O–H groups in total. The monoisotopic (exact) mass is 370 g/mol. The zero-order valence-corrected chi connectivity index (χ0v) is 15.8. The Kier molecular flexibility index (Phi) is 5.11. The maximum Gasteiger partial charge on any atom is 0.218 e. The van der Waals surface area contributed by atoms with E-state index in [1.54, 1.807) is 4.31 Å². The van der Waals surface area contributed by atoms with E-state index < -0.39 is 10.0 Å². The van der Waals surface area contributed by atoms with Gasteiger partial charge >= 0.3 is 0 Å². The highest BCUT2D eigenvalue weighted by atomic mass is 32.2. The Hall–Kier alpha value is -1.69. The van der Waals surface area contributed by atoms with E-state index in [9.17, 15) is 8.42 Å². The Morgan fingerprint density at radius 3 is 2.15 bits per heavy atom. The molecule has 4 nitrogen and oxygen atoms in total. The normalized spacial score (nSPS) is 24.5. The minimum absolute atomic E-state index is 0.103. The molecule has 0 aromatic heterocycles. The summed E-state index contributed by atoms with van der Waals surface area (Å²) in [4.78, 5) is 2.49. The summed E-state index contributed by atoms with van der Waals surface area (Å²) in [6, 6.07) is 20.3. The van der Waals surface area contributed by atoms with Gasteiger partial charge in [-0.25, -0.2) is 8.42 Å². The molecule has 0 saturated carbocycles. The number of nitrogens with zero attached hydrogens (tertiary/aromatic N) is 2. The van der Waals surface area contributed by atoms with Crippen molar-refractivity contribution in [2.45, 2.75) is 31.2 Å². The zero-order valence-electron chi connectivity index (χ0n) is 15.0. The molecule has 5 rings (SSSR count). The summed E-state index contributed by atoms with van der Waals surface area (Å²) in [6.45, 7) is 3.20. The molecule has 0 unspecified atom stereocenters. The number of piperidine rings is 1. The maximum absolute atomic E-state index is 13.0. The predicted octanol–water partition coefficient (Wildman–Crippen LogP) is 3.11. The van der Waals surface area contributed by atoms with Gasteiger partial charge in [-0.1, -0.05) is 60.7 Å². The van der Waals surface area contributed by atoms with E-state index in [0.717, 1.165) is 31.5 Å². The first-order valence-corrected chi connectivity index (χ1v) is 11.0. The van der Waals surface area contributed by atoms with Crippen LogP contribution in [0.1, 0.15) is 24.0 Å². The Bertz CT molecular complexity index is 824. The van der Waals surface area contributed by atoms with Crippen molar-refractivity contribution in [2.24, 2.45) is 5.92 Å². The lowest BCUT2D eigenvalue weighted by Gasteiger charge is -2.36. The van der Waals surface area contributed by atoms with Crippen LogP contribution >= 0.6 is 0 Å². The first kappa shape index (κ1) is 17.7. The van der Waals surface area contributed by atoms with E-state index in [0.29, 0.717) is 25.0 Å². The second-order valence-corrected chi connectivity index (χ2v) is 9.54. The second-order valence-electron chi connectivity index (χ2n) is 7.57. The quantitative estimate of drug-likeness (QED) is 0.812. The van der Waals surface area contributed by atoms with E-state index in [4.69, 9.17) is 0 Å². The standard InChI is InChI=1S/C21H26N2O2S/c24-26(25,17-19-9-5-2-6-10-19)23-15-20-11-12-21(16-23)22(14-20)13-18-7-3-1-4-8-18/h1-10,20-21H,11-17H2/t20-,21-/m1/s1. The molecule has 26 heavy (non-hydrogen) atoms. The van der Waals surface area contributed by atoms with Gasteiger partial charge in [0.05, 0.1) is 5.75 Å². The second kappa shape index (κ2) is 7.51. The summed E-state index contributed by atoms with van der Waals surface area (Å²) < 4.78 is 27.8. The molecular weight excluding hydrogens is 344 g/mol. The van der Waals surface area contributed by atoms with Crippen LogP contribution in [0.5, 0.6) is 0 Å². The molecule has 2 aromatic rings. The highest BCUT2D eigenvalue weighted by Crippen LogP contribution is 2.31. The van der Waals surface area contributed by atoms with Crippen molar-refractivity contribution in [3.8, 4) is 0 Å². The molecule has 0 spiro atoms. The van der Waals surface area contributed by atoms with E-state index in [2.05, 4.69) is 29.2 Å². The van der Waals surface area contributed by atoms with E-state index in [-0.39, 0.29) is 5.75 Å². The number of sulfonamides is 1. The fraction of sp³-hybridized carbons (Fsp3) is 0.429. The van der Waals surface area contributed by atoms with Crippen LogP contribution in [-0.2, 0) is 22.3 Å². The van der Waals surface area contributed by atoms with Crippen LogP contribution in [0.2, 0.25) is 0 Å². The lowest BCUT2D eigenvalue weighted by molar-refractivity contribution is 0.125. The van der Waals surface area contributed by atoms with Gasteiger partial charge < -0.3 is 0 Å². The Labute approximate surface area is 156 Å². The first-order valence-electron chi connectivity index (χ1n) is 9.40. The number of hydrogen-bond donors (Lipinski definition) is 0. The van der Waals surface area contributed by atoms with Crippen LogP contribution < -0.4 is 0 Å². The van der Waals surface area contributed by atoms with Gasteiger partial charge in [0.1, 0.15) is 0 Å². The molecule has 2 aromatic carbocycles. The van der Waals surface area contributed by atoms with E-state index >= 15 is 0 Å². The third kappa shape index (κ3) is 4.00. The molecule has 0 radical (unpaired) electrons. The van der Waals surface area contributed by atoms with Gasteiger partial charge in [0.25, 0.3) is 0 Å². The molecule has 2 bridgehead atoms. The average Bonchev–Trinajstić information content (AvgIpc) is 2.96. The molecule has 138 valence electrons. The average molecular weight is 371 g/mol. The summed E-state index contributed by atoms with van der Waals surface area (Å²) in [5, 5.41) is 0. The molecule has 0 aliphatic carbocycles. The van der Waals surface area contributed by atoms with Crippen LogP contribution in [0, 0.1) is 5.92 Å². The van der Waals surface area contributed by atoms with Crippen molar-refractivity contribution in [3.05, 3.63) is 71.8 Å². The molecular formula is C21H26N2O2S. The lowest BCUT2D eigenvalue weighted by Crippen LogP contribution is -2.44. The smallest absolute Gasteiger partial charge is 0.218 e. The van der Waals surface area contributed by atoms with E-state index in [1.807, 2.05) is 36.4 Å². The van der Waals surface area contributed by atoms with Crippen LogP contribution in [-0.4, -0.2) is 43.3 Å². The number of rotatable bonds is 5. The molecule has 0 amide bonds. The molecule has 3 aliphatic rings. The van der Waals surface area contributed by atoms with Crippen LogP contribution in [0.4, 0.5) is 0 Å². The van der Waals surface area contributed by atoms with Crippen molar-refractivity contribution >= 4 is 10.0 Å². The van der Waals surface area contributed by atoms with Crippen molar-refractivity contribution in [2.75, 3.05) is 19.6 Å². The summed E-state index contributed by atoms with van der Waals surface area (Å²) in [5.74, 6) is 0.536.